The van der Waals surface area contributed by atoms with Gasteiger partial charge in [-0.3, -0.25) is 0 Å². The molecular weight excluding hydrogens is 255 g/mol. The molecule has 0 unspecified atom stereocenters. The van der Waals surface area contributed by atoms with Crippen LogP contribution >= 0.6 is 0 Å². The predicted molar refractivity (Wildman–Crippen MR) is 78.2 cm³/mol. The zero-order valence-corrected chi connectivity index (χ0v) is 11.3. The fourth-order valence-electron chi connectivity index (χ4n) is 1.81. The minimum absolute atomic E-state index is 0.370. The molecule has 2 aromatic rings. The van der Waals surface area contributed by atoms with Gasteiger partial charge in [-0.2, -0.15) is 0 Å². The Balaban J connectivity index is 1.96. The molecule has 0 saturated carbocycles. The molecule has 0 aliphatic carbocycles. The van der Waals surface area contributed by atoms with E-state index in [0.717, 1.165) is 17.1 Å². The highest BCUT2D eigenvalue weighted by molar-refractivity contribution is 6.58. The van der Waals surface area contributed by atoms with E-state index in [2.05, 4.69) is 0 Å². The average Bonchev–Trinajstić information content (AvgIpc) is 2.47. The second-order valence-electron chi connectivity index (χ2n) is 4.31. The molecule has 0 atom stereocenters. The van der Waals surface area contributed by atoms with Gasteiger partial charge >= 0.3 is 7.12 Å². The van der Waals surface area contributed by atoms with E-state index in [0.29, 0.717) is 18.7 Å². The minimum Gasteiger partial charge on any atom is -0.494 e. The second kappa shape index (κ2) is 6.98. The van der Waals surface area contributed by atoms with Gasteiger partial charge in [-0.1, -0.05) is 24.3 Å². The highest BCUT2D eigenvalue weighted by atomic mass is 16.5. The Hall–Kier alpha value is -1.98. The van der Waals surface area contributed by atoms with Gasteiger partial charge in [0.2, 0.25) is 0 Å². The van der Waals surface area contributed by atoms with Gasteiger partial charge in [0.15, 0.2) is 0 Å². The van der Waals surface area contributed by atoms with E-state index in [1.165, 1.54) is 0 Å². The van der Waals surface area contributed by atoms with Crippen LogP contribution in [0.25, 0.3) is 0 Å². The van der Waals surface area contributed by atoms with Crippen molar-refractivity contribution in [3.05, 3.63) is 54.1 Å². The van der Waals surface area contributed by atoms with Crippen LogP contribution in [-0.2, 0) is 6.61 Å². The van der Waals surface area contributed by atoms with Crippen LogP contribution in [0.1, 0.15) is 12.5 Å². The molecule has 0 aliphatic rings. The summed E-state index contributed by atoms with van der Waals surface area (Å²) in [7, 11) is -1.46. The third kappa shape index (κ3) is 4.01. The lowest BCUT2D eigenvalue weighted by Gasteiger charge is -2.09. The Labute approximate surface area is 118 Å². The van der Waals surface area contributed by atoms with Crippen LogP contribution in [0.15, 0.2) is 48.5 Å². The molecule has 0 aliphatic heterocycles. The summed E-state index contributed by atoms with van der Waals surface area (Å²) in [6.07, 6.45) is 0. The summed E-state index contributed by atoms with van der Waals surface area (Å²) < 4.78 is 11.0. The smallest absolute Gasteiger partial charge is 0.488 e. The zero-order chi connectivity index (χ0) is 14.4. The Morgan fingerprint density at radius 3 is 2.20 bits per heavy atom. The molecule has 0 aromatic heterocycles. The van der Waals surface area contributed by atoms with E-state index in [4.69, 9.17) is 19.5 Å². The maximum atomic E-state index is 9.12. The number of benzene rings is 2. The lowest BCUT2D eigenvalue weighted by Crippen LogP contribution is -2.29. The third-order valence-corrected chi connectivity index (χ3v) is 2.79. The molecule has 4 nitrogen and oxygen atoms in total. The van der Waals surface area contributed by atoms with Gasteiger partial charge in [-0.05, 0) is 42.2 Å². The second-order valence-corrected chi connectivity index (χ2v) is 4.31. The lowest BCUT2D eigenvalue weighted by molar-refractivity contribution is 0.304. The summed E-state index contributed by atoms with van der Waals surface area (Å²) >= 11 is 0. The Bertz CT molecular complexity index is 540. The Morgan fingerprint density at radius 1 is 0.950 bits per heavy atom. The van der Waals surface area contributed by atoms with E-state index in [-0.39, 0.29) is 0 Å². The van der Waals surface area contributed by atoms with Crippen LogP contribution in [0.2, 0.25) is 0 Å². The van der Waals surface area contributed by atoms with Crippen molar-refractivity contribution in [3.63, 3.8) is 0 Å². The molecule has 104 valence electrons. The van der Waals surface area contributed by atoms with Gasteiger partial charge in [0.25, 0.3) is 0 Å². The summed E-state index contributed by atoms with van der Waals surface area (Å²) in [6.45, 7) is 2.94. The fourth-order valence-corrected chi connectivity index (χ4v) is 1.81. The molecule has 2 aromatic carbocycles. The highest BCUT2D eigenvalue weighted by Gasteiger charge is 2.10. The Kier molecular flexibility index (Phi) is 5.04. The van der Waals surface area contributed by atoms with E-state index in [9.17, 15) is 0 Å². The van der Waals surface area contributed by atoms with Crippen molar-refractivity contribution >= 4 is 12.6 Å². The summed E-state index contributed by atoms with van der Waals surface area (Å²) in [6, 6.07) is 14.4. The van der Waals surface area contributed by atoms with Crippen LogP contribution in [0.4, 0.5) is 0 Å². The van der Waals surface area contributed by atoms with Crippen molar-refractivity contribution in [1.82, 2.24) is 0 Å². The van der Waals surface area contributed by atoms with Crippen molar-refractivity contribution in [1.29, 1.82) is 0 Å². The molecule has 0 heterocycles. The van der Waals surface area contributed by atoms with Crippen molar-refractivity contribution < 1.29 is 19.5 Å². The normalized spacial score (nSPS) is 10.2. The molecule has 0 bridgehead atoms. The van der Waals surface area contributed by atoms with Crippen molar-refractivity contribution in [2.75, 3.05) is 6.61 Å². The van der Waals surface area contributed by atoms with Crippen LogP contribution in [-0.4, -0.2) is 23.8 Å². The van der Waals surface area contributed by atoms with E-state index >= 15 is 0 Å². The van der Waals surface area contributed by atoms with Crippen LogP contribution in [0.5, 0.6) is 11.5 Å². The summed E-state index contributed by atoms with van der Waals surface area (Å²) in [5, 5.41) is 18.2. The molecule has 0 saturated heterocycles. The largest absolute Gasteiger partial charge is 0.494 e. The predicted octanol–water partition coefficient (Wildman–Crippen LogP) is 1.34. The summed E-state index contributed by atoms with van der Waals surface area (Å²) in [5.74, 6) is 1.55. The molecule has 0 amide bonds. The van der Waals surface area contributed by atoms with E-state index < -0.39 is 7.12 Å². The molecular formula is C15H17BO4. The Morgan fingerprint density at radius 2 is 1.60 bits per heavy atom. The molecule has 20 heavy (non-hydrogen) atoms. The van der Waals surface area contributed by atoms with E-state index in [1.807, 2.05) is 37.3 Å². The van der Waals surface area contributed by atoms with Gasteiger partial charge < -0.3 is 19.5 Å². The first-order valence-corrected chi connectivity index (χ1v) is 6.49. The van der Waals surface area contributed by atoms with E-state index in [1.54, 1.807) is 18.2 Å². The molecule has 2 rings (SSSR count). The SMILES string of the molecule is CCOc1ccc(OCc2cccc(B(O)O)c2)cc1. The first-order valence-electron chi connectivity index (χ1n) is 6.49. The van der Waals surface area contributed by atoms with Crippen LogP contribution in [0.3, 0.4) is 0 Å². The summed E-state index contributed by atoms with van der Waals surface area (Å²) in [4.78, 5) is 0. The maximum Gasteiger partial charge on any atom is 0.488 e. The average molecular weight is 272 g/mol. The van der Waals surface area contributed by atoms with Crippen LogP contribution < -0.4 is 14.9 Å². The number of hydrogen-bond acceptors (Lipinski definition) is 4. The van der Waals surface area contributed by atoms with Gasteiger partial charge in [0.05, 0.1) is 6.61 Å². The number of ether oxygens (including phenoxy) is 2. The first kappa shape index (κ1) is 14.4. The van der Waals surface area contributed by atoms with Gasteiger partial charge in [0, 0.05) is 0 Å². The molecule has 0 spiro atoms. The quantitative estimate of drug-likeness (QED) is 0.779. The van der Waals surface area contributed by atoms with Crippen LogP contribution in [0, 0.1) is 0 Å². The fraction of sp³-hybridized carbons (Fsp3) is 0.200. The molecule has 0 radical (unpaired) electrons. The van der Waals surface area contributed by atoms with Gasteiger partial charge in [-0.15, -0.1) is 0 Å². The van der Waals surface area contributed by atoms with Gasteiger partial charge in [0.1, 0.15) is 18.1 Å². The molecule has 2 N–H and O–H groups in total. The zero-order valence-electron chi connectivity index (χ0n) is 11.3. The molecule has 0 fully saturated rings. The summed E-state index contributed by atoms with van der Waals surface area (Å²) in [5.41, 5.74) is 1.34. The van der Waals surface area contributed by atoms with Gasteiger partial charge in [-0.25, -0.2) is 0 Å². The number of hydrogen-bond donors (Lipinski definition) is 2. The van der Waals surface area contributed by atoms with Crippen molar-refractivity contribution in [2.45, 2.75) is 13.5 Å². The monoisotopic (exact) mass is 272 g/mol. The highest BCUT2D eigenvalue weighted by Crippen LogP contribution is 2.18. The molecule has 5 heteroatoms. The van der Waals surface area contributed by atoms with Crippen molar-refractivity contribution in [2.24, 2.45) is 0 Å². The maximum absolute atomic E-state index is 9.12. The standard InChI is InChI=1S/C15H17BO4/c1-2-19-14-6-8-15(9-7-14)20-11-12-4-3-5-13(10-12)16(17)18/h3-10,17-18H,2,11H2,1H3. The lowest BCUT2D eigenvalue weighted by atomic mass is 9.80. The minimum atomic E-state index is -1.46. The van der Waals surface area contributed by atoms with Crippen molar-refractivity contribution in [3.8, 4) is 11.5 Å². The topological polar surface area (TPSA) is 58.9 Å². The number of rotatable bonds is 6. The third-order valence-electron chi connectivity index (χ3n) is 2.79. The first-order chi connectivity index (χ1) is 9.69.